The molecule has 0 amide bonds. The Labute approximate surface area is 176 Å². The van der Waals surface area contributed by atoms with Crippen molar-refractivity contribution in [2.75, 3.05) is 6.61 Å². The topological polar surface area (TPSA) is 9.23 Å². The summed E-state index contributed by atoms with van der Waals surface area (Å²) in [7, 11) is 0. The minimum Gasteiger partial charge on any atom is -0.373 e. The lowest BCUT2D eigenvalue weighted by atomic mass is 9.91. The highest BCUT2D eigenvalue weighted by Crippen LogP contribution is 2.36. The first-order valence-corrected chi connectivity index (χ1v) is 10.2. The molecule has 3 rings (SSSR count). The molecule has 0 aliphatic carbocycles. The number of benzene rings is 2. The molecule has 31 heavy (non-hydrogen) atoms. The summed E-state index contributed by atoms with van der Waals surface area (Å²) in [5, 5.41) is 0. The van der Waals surface area contributed by atoms with Gasteiger partial charge >= 0.3 is 6.18 Å². The van der Waals surface area contributed by atoms with E-state index in [2.05, 4.69) is 6.92 Å². The Morgan fingerprint density at radius 3 is 2.16 bits per heavy atom. The molecule has 1 aliphatic heterocycles. The second-order valence-corrected chi connectivity index (χ2v) is 7.93. The number of halogens is 7. The van der Waals surface area contributed by atoms with E-state index in [1.54, 1.807) is 0 Å². The largest absolute Gasteiger partial charge is 0.422 e. The fourth-order valence-corrected chi connectivity index (χ4v) is 4.05. The van der Waals surface area contributed by atoms with Gasteiger partial charge in [-0.2, -0.15) is 13.2 Å². The highest BCUT2D eigenvalue weighted by molar-refractivity contribution is 5.31. The standard InChI is InChI=1S/C23H23F7O/c1-2-3-13-5-9-19(31-12-13)16-8-7-15(21(26)22(16)27)6-4-14-10-17(24)20(18(25)11-14)23(28,29)30/h7-8,10-11,13,19H,2-6,9,12H2,1H3. The quantitative estimate of drug-likeness (QED) is 0.421. The highest BCUT2D eigenvalue weighted by atomic mass is 19.4. The lowest BCUT2D eigenvalue weighted by Gasteiger charge is -2.29. The van der Waals surface area contributed by atoms with E-state index in [0.717, 1.165) is 19.3 Å². The molecule has 2 aromatic carbocycles. The molecule has 1 saturated heterocycles. The normalized spacial score (nSPS) is 19.6. The number of aryl methyl sites for hydroxylation is 2. The van der Waals surface area contributed by atoms with Gasteiger partial charge in [-0.25, -0.2) is 17.6 Å². The van der Waals surface area contributed by atoms with Crippen LogP contribution in [0.3, 0.4) is 0 Å². The predicted octanol–water partition coefficient (Wildman–Crippen LogP) is 7.31. The summed E-state index contributed by atoms with van der Waals surface area (Å²) in [6, 6.07) is 3.95. The number of hydrogen-bond acceptors (Lipinski definition) is 1. The molecule has 2 atom stereocenters. The third-order valence-corrected chi connectivity index (χ3v) is 5.67. The zero-order chi connectivity index (χ0) is 22.8. The maximum absolute atomic E-state index is 14.6. The van der Waals surface area contributed by atoms with Crippen LogP contribution in [0.2, 0.25) is 0 Å². The first kappa shape index (κ1) is 23.6. The molecule has 0 bridgehead atoms. The average molecular weight is 448 g/mol. The SMILES string of the molecule is CCCC1CCC(c2ccc(CCc3cc(F)c(C(F)(F)F)c(F)c3)c(F)c2F)OC1. The number of alkyl halides is 3. The molecule has 1 nitrogen and oxygen atoms in total. The van der Waals surface area contributed by atoms with Crippen LogP contribution in [-0.2, 0) is 23.8 Å². The van der Waals surface area contributed by atoms with Gasteiger partial charge in [0.25, 0.3) is 0 Å². The van der Waals surface area contributed by atoms with Gasteiger partial charge in [0.05, 0.1) is 12.7 Å². The Morgan fingerprint density at radius 2 is 1.61 bits per heavy atom. The van der Waals surface area contributed by atoms with Gasteiger partial charge in [-0.05, 0) is 61.3 Å². The van der Waals surface area contributed by atoms with Crippen LogP contribution < -0.4 is 0 Å². The van der Waals surface area contributed by atoms with E-state index in [1.807, 2.05) is 0 Å². The van der Waals surface area contributed by atoms with Crippen molar-refractivity contribution in [1.82, 2.24) is 0 Å². The Morgan fingerprint density at radius 1 is 0.935 bits per heavy atom. The second kappa shape index (κ2) is 9.59. The van der Waals surface area contributed by atoms with Crippen LogP contribution in [-0.4, -0.2) is 6.61 Å². The van der Waals surface area contributed by atoms with Gasteiger partial charge in [0.15, 0.2) is 11.6 Å². The summed E-state index contributed by atoms with van der Waals surface area (Å²) in [6.07, 6.45) is -2.46. The summed E-state index contributed by atoms with van der Waals surface area (Å²) in [4.78, 5) is 0. The Hall–Kier alpha value is -2.09. The highest BCUT2D eigenvalue weighted by Gasteiger charge is 2.37. The number of rotatable bonds is 6. The van der Waals surface area contributed by atoms with Gasteiger partial charge in [-0.15, -0.1) is 0 Å². The van der Waals surface area contributed by atoms with E-state index in [9.17, 15) is 30.7 Å². The van der Waals surface area contributed by atoms with E-state index >= 15 is 0 Å². The lowest BCUT2D eigenvalue weighted by Crippen LogP contribution is -2.21. The first-order chi connectivity index (χ1) is 14.6. The molecule has 0 radical (unpaired) electrons. The van der Waals surface area contributed by atoms with Gasteiger partial charge in [0.1, 0.15) is 17.2 Å². The van der Waals surface area contributed by atoms with E-state index in [0.29, 0.717) is 31.1 Å². The maximum Gasteiger partial charge on any atom is 0.422 e. The van der Waals surface area contributed by atoms with Crippen LogP contribution in [0.4, 0.5) is 30.7 Å². The fourth-order valence-electron chi connectivity index (χ4n) is 4.05. The van der Waals surface area contributed by atoms with E-state index in [4.69, 9.17) is 4.74 Å². The summed E-state index contributed by atoms with van der Waals surface area (Å²) in [6.45, 7) is 2.57. The third-order valence-electron chi connectivity index (χ3n) is 5.67. The predicted molar refractivity (Wildman–Crippen MR) is 101 cm³/mol. The van der Waals surface area contributed by atoms with Gasteiger partial charge in [-0.1, -0.05) is 25.5 Å². The van der Waals surface area contributed by atoms with E-state index < -0.39 is 41.1 Å². The molecule has 1 heterocycles. The fraction of sp³-hybridized carbons (Fsp3) is 0.478. The summed E-state index contributed by atoms with van der Waals surface area (Å²) < 4.78 is 100. The van der Waals surface area contributed by atoms with Crippen LogP contribution in [0.15, 0.2) is 24.3 Å². The molecule has 170 valence electrons. The molecular weight excluding hydrogens is 425 g/mol. The van der Waals surface area contributed by atoms with Crippen molar-refractivity contribution in [3.8, 4) is 0 Å². The minimum atomic E-state index is -5.16. The van der Waals surface area contributed by atoms with E-state index in [1.165, 1.54) is 12.1 Å². The van der Waals surface area contributed by atoms with Crippen LogP contribution in [0.25, 0.3) is 0 Å². The zero-order valence-electron chi connectivity index (χ0n) is 17.0. The Kier molecular flexibility index (Phi) is 7.29. The van der Waals surface area contributed by atoms with E-state index in [-0.39, 0.29) is 29.5 Å². The minimum absolute atomic E-state index is 0.0263. The van der Waals surface area contributed by atoms with Gasteiger partial charge < -0.3 is 4.74 Å². The monoisotopic (exact) mass is 448 g/mol. The maximum atomic E-state index is 14.6. The Balaban J connectivity index is 1.71. The van der Waals surface area contributed by atoms with Crippen molar-refractivity contribution in [1.29, 1.82) is 0 Å². The molecule has 1 fully saturated rings. The van der Waals surface area contributed by atoms with Gasteiger partial charge in [0.2, 0.25) is 0 Å². The third kappa shape index (κ3) is 5.40. The number of ether oxygens (including phenoxy) is 1. The number of hydrogen-bond donors (Lipinski definition) is 0. The van der Waals surface area contributed by atoms with Crippen molar-refractivity contribution in [3.05, 3.63) is 69.8 Å². The molecule has 0 aromatic heterocycles. The summed E-state index contributed by atoms with van der Waals surface area (Å²) in [5.74, 6) is -5.16. The van der Waals surface area contributed by atoms with Crippen molar-refractivity contribution in [3.63, 3.8) is 0 Å². The molecule has 1 aliphatic rings. The van der Waals surface area contributed by atoms with Gasteiger partial charge in [-0.3, -0.25) is 0 Å². The Bertz CT molecular complexity index is 892. The van der Waals surface area contributed by atoms with Crippen LogP contribution in [0.5, 0.6) is 0 Å². The van der Waals surface area contributed by atoms with Crippen molar-refractivity contribution >= 4 is 0 Å². The molecule has 2 unspecified atom stereocenters. The van der Waals surface area contributed by atoms with Crippen molar-refractivity contribution < 1.29 is 35.5 Å². The first-order valence-electron chi connectivity index (χ1n) is 10.2. The van der Waals surface area contributed by atoms with Crippen molar-refractivity contribution in [2.45, 2.75) is 57.7 Å². The molecule has 0 saturated carbocycles. The lowest BCUT2D eigenvalue weighted by molar-refractivity contribution is -0.142. The molecule has 0 N–H and O–H groups in total. The molecule has 8 heteroatoms. The molecular formula is C23H23F7O. The summed E-state index contributed by atoms with van der Waals surface area (Å²) >= 11 is 0. The molecule has 2 aromatic rings. The van der Waals surface area contributed by atoms with Gasteiger partial charge in [0, 0.05) is 5.56 Å². The van der Waals surface area contributed by atoms with Crippen LogP contribution in [0, 0.1) is 29.2 Å². The second-order valence-electron chi connectivity index (χ2n) is 7.93. The van der Waals surface area contributed by atoms with Crippen LogP contribution >= 0.6 is 0 Å². The zero-order valence-corrected chi connectivity index (χ0v) is 17.0. The molecule has 0 spiro atoms. The van der Waals surface area contributed by atoms with Crippen LogP contribution in [0.1, 0.15) is 61.0 Å². The van der Waals surface area contributed by atoms with Crippen molar-refractivity contribution in [2.24, 2.45) is 5.92 Å². The summed E-state index contributed by atoms with van der Waals surface area (Å²) in [5.41, 5.74) is -1.94. The average Bonchev–Trinajstić information content (AvgIpc) is 2.68. The smallest absolute Gasteiger partial charge is 0.373 e.